The smallest absolute Gasteiger partial charge is 0.256 e. The van der Waals surface area contributed by atoms with Crippen LogP contribution < -0.4 is 0 Å². The lowest BCUT2D eigenvalue weighted by Crippen LogP contribution is -2.51. The van der Waals surface area contributed by atoms with Crippen molar-refractivity contribution in [1.82, 2.24) is 4.90 Å². The Balaban J connectivity index is 1.85. The Morgan fingerprint density at radius 1 is 1.44 bits per heavy atom. The predicted molar refractivity (Wildman–Crippen MR) is 78.1 cm³/mol. The highest BCUT2D eigenvalue weighted by Gasteiger charge is 2.39. The lowest BCUT2D eigenvalue weighted by molar-refractivity contribution is -0.0445. The third-order valence-corrected chi connectivity index (χ3v) is 5.97. The molecule has 1 aromatic heterocycles. The van der Waals surface area contributed by atoms with Gasteiger partial charge in [0.1, 0.15) is 0 Å². The fraction of sp³-hybridized carbons (Fsp3) is 0.583. The molecule has 2 aliphatic rings. The van der Waals surface area contributed by atoms with Crippen molar-refractivity contribution in [2.45, 2.75) is 31.4 Å². The van der Waals surface area contributed by atoms with Gasteiger partial charge in [0.15, 0.2) is 0 Å². The van der Waals surface area contributed by atoms with E-state index < -0.39 is 0 Å². The van der Waals surface area contributed by atoms with E-state index in [1.807, 2.05) is 11.0 Å². The van der Waals surface area contributed by atoms with Gasteiger partial charge < -0.3 is 9.64 Å². The third kappa shape index (κ3) is 2.28. The van der Waals surface area contributed by atoms with Crippen LogP contribution >= 0.6 is 43.2 Å². The normalized spacial score (nSPS) is 27.3. The second-order valence-electron chi connectivity index (χ2n) is 4.64. The first-order valence-corrected chi connectivity index (χ1v) is 8.44. The number of ether oxygens (including phenoxy) is 1. The fourth-order valence-corrected chi connectivity index (χ4v) is 5.60. The van der Waals surface area contributed by atoms with Crippen LogP contribution in [-0.4, -0.2) is 36.1 Å². The van der Waals surface area contributed by atoms with Crippen molar-refractivity contribution in [1.29, 1.82) is 0 Å². The highest BCUT2D eigenvalue weighted by Crippen LogP contribution is 2.35. The third-order valence-electron chi connectivity index (χ3n) is 3.63. The predicted octanol–water partition coefficient (Wildman–Crippen LogP) is 3.67. The standard InChI is InChI=1S/C12H13Br2NO2S/c13-10-6-7(11(14)18-10)12(16)15-4-5-17-9-3-1-2-8(9)15/h6,8-9H,1-5H2. The van der Waals surface area contributed by atoms with Crippen molar-refractivity contribution in [3.8, 4) is 0 Å². The number of hydrogen-bond acceptors (Lipinski definition) is 3. The summed E-state index contributed by atoms with van der Waals surface area (Å²) < 4.78 is 7.63. The number of thiophene rings is 1. The SMILES string of the molecule is O=C(c1cc(Br)sc1Br)N1CCOC2CCCC21. The zero-order valence-corrected chi connectivity index (χ0v) is 13.7. The molecule has 2 unspecified atom stereocenters. The molecule has 3 rings (SSSR count). The Hall–Kier alpha value is 0.0900. The van der Waals surface area contributed by atoms with Crippen molar-refractivity contribution in [3.05, 3.63) is 19.2 Å². The van der Waals surface area contributed by atoms with E-state index in [-0.39, 0.29) is 18.1 Å². The molecule has 1 saturated heterocycles. The first-order valence-electron chi connectivity index (χ1n) is 6.04. The van der Waals surface area contributed by atoms with Gasteiger partial charge in [-0.05, 0) is 57.2 Å². The fourth-order valence-electron chi connectivity index (χ4n) is 2.82. The van der Waals surface area contributed by atoms with Crippen molar-refractivity contribution in [3.63, 3.8) is 0 Å². The summed E-state index contributed by atoms with van der Waals surface area (Å²) in [6.07, 6.45) is 3.57. The van der Waals surface area contributed by atoms with Crippen LogP contribution in [0.3, 0.4) is 0 Å². The summed E-state index contributed by atoms with van der Waals surface area (Å²) in [4.78, 5) is 14.6. The maximum absolute atomic E-state index is 12.6. The zero-order chi connectivity index (χ0) is 12.7. The van der Waals surface area contributed by atoms with E-state index >= 15 is 0 Å². The Morgan fingerprint density at radius 3 is 3.00 bits per heavy atom. The lowest BCUT2D eigenvalue weighted by atomic mass is 10.1. The molecule has 0 radical (unpaired) electrons. The van der Waals surface area contributed by atoms with Crippen LogP contribution in [0.5, 0.6) is 0 Å². The van der Waals surface area contributed by atoms with E-state index in [2.05, 4.69) is 31.9 Å². The average molecular weight is 395 g/mol. The Morgan fingerprint density at radius 2 is 2.28 bits per heavy atom. The van der Waals surface area contributed by atoms with Crippen molar-refractivity contribution in [2.75, 3.05) is 13.2 Å². The van der Waals surface area contributed by atoms with E-state index in [1.165, 1.54) is 0 Å². The largest absolute Gasteiger partial charge is 0.374 e. The molecule has 1 aliphatic heterocycles. The molecular formula is C12H13Br2NO2S. The second kappa shape index (κ2) is 5.23. The molecule has 0 N–H and O–H groups in total. The van der Waals surface area contributed by atoms with E-state index in [0.717, 1.165) is 32.4 Å². The molecule has 2 heterocycles. The molecule has 1 aromatic rings. The van der Waals surface area contributed by atoms with Gasteiger partial charge in [0.05, 0.1) is 31.9 Å². The molecular weight excluding hydrogens is 382 g/mol. The number of rotatable bonds is 1. The molecule has 98 valence electrons. The number of morpholine rings is 1. The Labute approximate surface area is 127 Å². The van der Waals surface area contributed by atoms with Gasteiger partial charge in [-0.2, -0.15) is 0 Å². The van der Waals surface area contributed by atoms with Gasteiger partial charge in [0, 0.05) is 6.54 Å². The first-order chi connectivity index (χ1) is 8.66. The lowest BCUT2D eigenvalue weighted by Gasteiger charge is -2.37. The monoisotopic (exact) mass is 393 g/mol. The minimum atomic E-state index is 0.129. The first kappa shape index (κ1) is 13.1. The van der Waals surface area contributed by atoms with Crippen LogP contribution in [0.25, 0.3) is 0 Å². The van der Waals surface area contributed by atoms with Crippen molar-refractivity contribution < 1.29 is 9.53 Å². The summed E-state index contributed by atoms with van der Waals surface area (Å²) in [6.45, 7) is 1.37. The minimum absolute atomic E-state index is 0.129. The van der Waals surface area contributed by atoms with Gasteiger partial charge in [-0.3, -0.25) is 4.79 Å². The van der Waals surface area contributed by atoms with E-state index in [0.29, 0.717) is 13.2 Å². The van der Waals surface area contributed by atoms with Crippen molar-refractivity contribution >= 4 is 49.1 Å². The summed E-state index contributed by atoms with van der Waals surface area (Å²) in [6, 6.07) is 2.17. The summed E-state index contributed by atoms with van der Waals surface area (Å²) in [5, 5.41) is 0. The van der Waals surface area contributed by atoms with Crippen LogP contribution in [-0.2, 0) is 4.74 Å². The quantitative estimate of drug-likeness (QED) is 0.727. The van der Waals surface area contributed by atoms with E-state index in [9.17, 15) is 4.79 Å². The number of halogens is 2. The zero-order valence-electron chi connectivity index (χ0n) is 9.70. The van der Waals surface area contributed by atoms with Crippen LogP contribution in [0.15, 0.2) is 13.6 Å². The molecule has 2 fully saturated rings. The Bertz CT molecular complexity index is 477. The van der Waals surface area contributed by atoms with Crippen LogP contribution in [0.4, 0.5) is 0 Å². The second-order valence-corrected chi connectivity index (χ2v) is 8.39. The number of hydrogen-bond donors (Lipinski definition) is 0. The molecule has 1 amide bonds. The summed E-state index contributed by atoms with van der Waals surface area (Å²) in [5.41, 5.74) is 0.763. The molecule has 0 bridgehead atoms. The molecule has 18 heavy (non-hydrogen) atoms. The van der Waals surface area contributed by atoms with E-state index in [1.54, 1.807) is 11.3 Å². The highest BCUT2D eigenvalue weighted by atomic mass is 79.9. The van der Waals surface area contributed by atoms with Crippen molar-refractivity contribution in [2.24, 2.45) is 0 Å². The summed E-state index contributed by atoms with van der Waals surface area (Å²) in [5.74, 6) is 0.129. The number of carbonyl (C=O) groups excluding carboxylic acids is 1. The number of carbonyl (C=O) groups is 1. The summed E-state index contributed by atoms with van der Waals surface area (Å²) in [7, 11) is 0. The summed E-state index contributed by atoms with van der Waals surface area (Å²) >= 11 is 8.43. The van der Waals surface area contributed by atoms with Gasteiger partial charge in [0.2, 0.25) is 0 Å². The topological polar surface area (TPSA) is 29.5 Å². The van der Waals surface area contributed by atoms with Gasteiger partial charge in [0.25, 0.3) is 5.91 Å². The van der Waals surface area contributed by atoms with Crippen LogP contribution in [0.1, 0.15) is 29.6 Å². The van der Waals surface area contributed by atoms with Gasteiger partial charge in [-0.15, -0.1) is 11.3 Å². The molecule has 1 saturated carbocycles. The molecule has 0 aromatic carbocycles. The molecule has 2 atom stereocenters. The van der Waals surface area contributed by atoms with Crippen LogP contribution in [0.2, 0.25) is 0 Å². The maximum Gasteiger partial charge on any atom is 0.256 e. The van der Waals surface area contributed by atoms with Gasteiger partial charge in [-0.25, -0.2) is 0 Å². The average Bonchev–Trinajstić information content (AvgIpc) is 2.94. The van der Waals surface area contributed by atoms with Gasteiger partial charge in [-0.1, -0.05) is 0 Å². The van der Waals surface area contributed by atoms with E-state index in [4.69, 9.17) is 4.74 Å². The Kier molecular flexibility index (Phi) is 3.80. The number of amides is 1. The molecule has 3 nitrogen and oxygen atoms in total. The maximum atomic E-state index is 12.6. The number of fused-ring (bicyclic) bond motifs is 1. The minimum Gasteiger partial charge on any atom is -0.374 e. The molecule has 0 spiro atoms. The van der Waals surface area contributed by atoms with Crippen LogP contribution in [0, 0.1) is 0 Å². The molecule has 6 heteroatoms. The van der Waals surface area contributed by atoms with Gasteiger partial charge >= 0.3 is 0 Å². The number of nitrogens with zero attached hydrogens (tertiary/aromatic N) is 1. The highest BCUT2D eigenvalue weighted by molar-refractivity contribution is 9.12. The molecule has 1 aliphatic carbocycles.